The fourth-order valence-electron chi connectivity index (χ4n) is 2.26. The lowest BCUT2D eigenvalue weighted by molar-refractivity contribution is 0.541. The van der Waals surface area contributed by atoms with Crippen molar-refractivity contribution in [3.05, 3.63) is 70.7 Å². The molecular weight excluding hydrogens is 278 g/mol. The van der Waals surface area contributed by atoms with E-state index in [4.69, 9.17) is 0 Å². The highest BCUT2D eigenvalue weighted by Gasteiger charge is 2.06. The largest absolute Gasteiger partial charge is 0.308 e. The normalized spacial score (nSPS) is 12.4. The van der Waals surface area contributed by atoms with Gasteiger partial charge in [-0.1, -0.05) is 24.3 Å². The zero-order chi connectivity index (χ0) is 14.5. The lowest BCUT2D eigenvalue weighted by Gasteiger charge is -2.11. The van der Waals surface area contributed by atoms with Gasteiger partial charge in [0.1, 0.15) is 0 Å². The summed E-state index contributed by atoms with van der Waals surface area (Å²) in [6.07, 6.45) is 3.08. The maximum atomic E-state index is 4.61. The minimum atomic E-state index is 0.450. The second kappa shape index (κ2) is 6.70. The third-order valence-corrected chi connectivity index (χ3v) is 4.28. The molecule has 0 spiro atoms. The van der Waals surface area contributed by atoms with Gasteiger partial charge in [-0.2, -0.15) is 5.10 Å². The summed E-state index contributed by atoms with van der Waals surface area (Å²) in [5.74, 6) is 0. The zero-order valence-corrected chi connectivity index (χ0v) is 12.9. The van der Waals surface area contributed by atoms with Crippen LogP contribution in [0, 0.1) is 0 Å². The van der Waals surface area contributed by atoms with Gasteiger partial charge in [-0.25, -0.2) is 4.68 Å². The molecule has 0 saturated carbocycles. The van der Waals surface area contributed by atoms with Crippen LogP contribution >= 0.6 is 11.3 Å². The summed E-state index contributed by atoms with van der Waals surface area (Å²) in [5, 5.41) is 10.3. The molecular formula is C17H19N3S. The molecule has 0 fully saturated rings. The topological polar surface area (TPSA) is 29.9 Å². The summed E-state index contributed by atoms with van der Waals surface area (Å²) in [7, 11) is 0. The molecule has 3 nitrogen and oxygen atoms in total. The molecule has 0 bridgehead atoms. The Labute approximate surface area is 129 Å². The van der Waals surface area contributed by atoms with E-state index < -0.39 is 0 Å². The predicted octanol–water partition coefficient (Wildman–Crippen LogP) is 3.65. The molecule has 1 unspecified atom stereocenters. The highest BCUT2D eigenvalue weighted by atomic mass is 32.1. The van der Waals surface area contributed by atoms with Crippen LogP contribution in [-0.2, 0) is 13.0 Å². The van der Waals surface area contributed by atoms with Crippen molar-refractivity contribution in [2.24, 2.45) is 0 Å². The Kier molecular flexibility index (Phi) is 4.48. The zero-order valence-electron chi connectivity index (χ0n) is 12.1. The van der Waals surface area contributed by atoms with Crippen LogP contribution in [0.3, 0.4) is 0 Å². The Balaban J connectivity index is 1.55. The van der Waals surface area contributed by atoms with Gasteiger partial charge < -0.3 is 5.32 Å². The fraction of sp³-hybridized carbons (Fsp3) is 0.235. The van der Waals surface area contributed by atoms with Crippen molar-refractivity contribution in [1.82, 2.24) is 15.1 Å². The van der Waals surface area contributed by atoms with Gasteiger partial charge in [0.15, 0.2) is 0 Å². The second-order valence-electron chi connectivity index (χ2n) is 5.15. The Morgan fingerprint density at radius 1 is 1.14 bits per heavy atom. The molecule has 0 saturated heterocycles. The van der Waals surface area contributed by atoms with E-state index in [2.05, 4.69) is 53.1 Å². The van der Waals surface area contributed by atoms with Gasteiger partial charge in [0.25, 0.3) is 0 Å². The van der Waals surface area contributed by atoms with Crippen LogP contribution in [0.2, 0.25) is 0 Å². The van der Waals surface area contributed by atoms with Crippen LogP contribution in [0.25, 0.3) is 5.69 Å². The van der Waals surface area contributed by atoms with Crippen LogP contribution in [0.5, 0.6) is 0 Å². The molecule has 108 valence electrons. The van der Waals surface area contributed by atoms with Crippen LogP contribution in [0.15, 0.2) is 60.1 Å². The number of para-hydroxylation sites is 1. The molecule has 3 rings (SSSR count). The number of nitrogens with one attached hydrogen (secondary N) is 1. The number of rotatable bonds is 6. The molecule has 0 aliphatic carbocycles. The smallest absolute Gasteiger partial charge is 0.0766 e. The minimum absolute atomic E-state index is 0.450. The summed E-state index contributed by atoms with van der Waals surface area (Å²) in [6.45, 7) is 3.01. The number of nitrogens with zero attached hydrogens (tertiary/aromatic N) is 2. The molecule has 1 N–H and O–H groups in total. The SMILES string of the molecule is CC(Cc1cccs1)NCc1ccn(-c2ccccc2)n1. The first kappa shape index (κ1) is 14.0. The van der Waals surface area contributed by atoms with Gasteiger partial charge in [-0.05, 0) is 43.0 Å². The van der Waals surface area contributed by atoms with Crippen molar-refractivity contribution in [3.63, 3.8) is 0 Å². The predicted molar refractivity (Wildman–Crippen MR) is 87.9 cm³/mol. The number of thiophene rings is 1. The summed E-state index contributed by atoms with van der Waals surface area (Å²) in [5.41, 5.74) is 2.16. The van der Waals surface area contributed by atoms with Crippen molar-refractivity contribution in [2.45, 2.75) is 25.9 Å². The average molecular weight is 297 g/mol. The molecule has 1 atom stereocenters. The van der Waals surface area contributed by atoms with Crippen molar-refractivity contribution in [2.75, 3.05) is 0 Å². The first-order chi connectivity index (χ1) is 10.3. The van der Waals surface area contributed by atoms with E-state index in [9.17, 15) is 0 Å². The molecule has 0 amide bonds. The summed E-state index contributed by atoms with van der Waals surface area (Å²) in [4.78, 5) is 1.42. The Hall–Kier alpha value is -1.91. The maximum Gasteiger partial charge on any atom is 0.0766 e. The molecule has 2 aromatic heterocycles. The van der Waals surface area contributed by atoms with Gasteiger partial charge in [0.2, 0.25) is 0 Å². The molecule has 21 heavy (non-hydrogen) atoms. The minimum Gasteiger partial charge on any atom is -0.308 e. The van der Waals surface area contributed by atoms with E-state index in [1.54, 1.807) is 0 Å². The van der Waals surface area contributed by atoms with E-state index >= 15 is 0 Å². The highest BCUT2D eigenvalue weighted by Crippen LogP contribution is 2.11. The van der Waals surface area contributed by atoms with Crippen molar-refractivity contribution >= 4 is 11.3 Å². The monoisotopic (exact) mass is 297 g/mol. The summed E-state index contributed by atoms with van der Waals surface area (Å²) >= 11 is 1.81. The number of hydrogen-bond acceptors (Lipinski definition) is 3. The lowest BCUT2D eigenvalue weighted by Crippen LogP contribution is -2.27. The van der Waals surface area contributed by atoms with Crippen molar-refractivity contribution in [1.29, 1.82) is 0 Å². The third kappa shape index (κ3) is 3.80. The van der Waals surface area contributed by atoms with Crippen molar-refractivity contribution in [3.8, 4) is 5.69 Å². The van der Waals surface area contributed by atoms with Gasteiger partial charge in [-0.3, -0.25) is 0 Å². The quantitative estimate of drug-likeness (QED) is 0.752. The Bertz CT molecular complexity index is 658. The van der Waals surface area contributed by atoms with Crippen molar-refractivity contribution < 1.29 is 0 Å². The average Bonchev–Trinajstić information content (AvgIpc) is 3.17. The van der Waals surface area contributed by atoms with E-state index in [-0.39, 0.29) is 0 Å². The van der Waals surface area contributed by atoms with E-state index in [1.165, 1.54) is 4.88 Å². The summed E-state index contributed by atoms with van der Waals surface area (Å²) < 4.78 is 1.92. The first-order valence-electron chi connectivity index (χ1n) is 7.17. The van der Waals surface area contributed by atoms with Crippen LogP contribution in [0.4, 0.5) is 0 Å². The Morgan fingerprint density at radius 2 is 2.00 bits per heavy atom. The van der Waals surface area contributed by atoms with Gasteiger partial charge in [-0.15, -0.1) is 11.3 Å². The lowest BCUT2D eigenvalue weighted by atomic mass is 10.2. The Morgan fingerprint density at radius 3 is 2.76 bits per heavy atom. The molecule has 1 aromatic carbocycles. The van der Waals surface area contributed by atoms with Crippen LogP contribution in [-0.4, -0.2) is 15.8 Å². The van der Waals surface area contributed by atoms with E-state index in [1.807, 2.05) is 40.4 Å². The molecule has 0 aliphatic rings. The maximum absolute atomic E-state index is 4.61. The van der Waals surface area contributed by atoms with E-state index in [0.717, 1.165) is 24.3 Å². The first-order valence-corrected chi connectivity index (χ1v) is 8.05. The van der Waals surface area contributed by atoms with Crippen LogP contribution < -0.4 is 5.32 Å². The van der Waals surface area contributed by atoms with E-state index in [0.29, 0.717) is 6.04 Å². The molecule has 0 aliphatic heterocycles. The standard InChI is InChI=1S/C17H19N3S/c1-14(12-17-8-5-11-21-17)18-13-15-9-10-20(19-15)16-6-3-2-4-7-16/h2-11,14,18H,12-13H2,1H3. The molecule has 3 aromatic rings. The fourth-order valence-corrected chi connectivity index (χ4v) is 3.10. The number of aromatic nitrogens is 2. The van der Waals surface area contributed by atoms with Crippen LogP contribution in [0.1, 0.15) is 17.5 Å². The number of hydrogen-bond donors (Lipinski definition) is 1. The second-order valence-corrected chi connectivity index (χ2v) is 6.18. The highest BCUT2D eigenvalue weighted by molar-refractivity contribution is 7.09. The van der Waals surface area contributed by atoms with Gasteiger partial charge >= 0.3 is 0 Å². The third-order valence-electron chi connectivity index (χ3n) is 3.38. The van der Waals surface area contributed by atoms with Gasteiger partial charge in [0, 0.05) is 23.7 Å². The molecule has 4 heteroatoms. The van der Waals surface area contributed by atoms with Gasteiger partial charge in [0.05, 0.1) is 11.4 Å². The number of benzene rings is 1. The molecule has 2 heterocycles. The summed E-state index contributed by atoms with van der Waals surface area (Å²) in [6, 6.07) is 17.0. The molecule has 0 radical (unpaired) electrons.